The first kappa shape index (κ1) is 19.0. The van der Waals surface area contributed by atoms with Crippen molar-refractivity contribution in [3.63, 3.8) is 0 Å². The molecule has 3 nitrogen and oxygen atoms in total. The minimum atomic E-state index is -0.0108. The smallest absolute Gasteiger partial charge is 0.262 e. The van der Waals surface area contributed by atoms with E-state index in [1.165, 1.54) is 5.57 Å². The SMILES string of the molecule is CCC/C=C(\CCC)c1cn(C(=O)c2ccccc2)c2ccc(OC)cc12. The van der Waals surface area contributed by atoms with Crippen molar-refractivity contribution in [3.05, 3.63) is 71.9 Å². The van der Waals surface area contributed by atoms with E-state index in [-0.39, 0.29) is 5.91 Å². The Bertz CT molecular complexity index is 951. The molecule has 0 atom stereocenters. The van der Waals surface area contributed by atoms with Crippen LogP contribution in [0.4, 0.5) is 0 Å². The molecule has 0 N–H and O–H groups in total. The van der Waals surface area contributed by atoms with E-state index in [4.69, 9.17) is 4.74 Å². The van der Waals surface area contributed by atoms with Gasteiger partial charge in [0.25, 0.3) is 5.91 Å². The number of benzene rings is 2. The number of carbonyl (C=O) groups excluding carboxylic acids is 1. The van der Waals surface area contributed by atoms with E-state index in [0.717, 1.165) is 47.9 Å². The van der Waals surface area contributed by atoms with Gasteiger partial charge in [-0.2, -0.15) is 0 Å². The Labute approximate surface area is 161 Å². The molecule has 0 aliphatic rings. The third kappa shape index (κ3) is 3.97. The number of nitrogens with zero attached hydrogens (tertiary/aromatic N) is 1. The van der Waals surface area contributed by atoms with Gasteiger partial charge in [0.05, 0.1) is 12.6 Å². The lowest BCUT2D eigenvalue weighted by atomic mass is 9.99. The second kappa shape index (κ2) is 8.72. The Morgan fingerprint density at radius 1 is 1.07 bits per heavy atom. The molecule has 0 spiro atoms. The number of aromatic nitrogens is 1. The first-order chi connectivity index (χ1) is 13.2. The predicted molar refractivity (Wildman–Crippen MR) is 112 cm³/mol. The van der Waals surface area contributed by atoms with Crippen molar-refractivity contribution >= 4 is 22.4 Å². The molecule has 0 aliphatic carbocycles. The normalized spacial score (nSPS) is 11.7. The molecule has 140 valence electrons. The van der Waals surface area contributed by atoms with Gasteiger partial charge in [0.15, 0.2) is 0 Å². The highest BCUT2D eigenvalue weighted by atomic mass is 16.5. The van der Waals surface area contributed by atoms with Crippen LogP contribution in [0.25, 0.3) is 16.5 Å². The van der Waals surface area contributed by atoms with Crippen LogP contribution in [-0.4, -0.2) is 17.6 Å². The Kier molecular flexibility index (Phi) is 6.12. The molecule has 0 saturated carbocycles. The van der Waals surface area contributed by atoms with Crippen molar-refractivity contribution in [1.82, 2.24) is 4.57 Å². The maximum absolute atomic E-state index is 13.1. The molecule has 0 aliphatic heterocycles. The van der Waals surface area contributed by atoms with Crippen LogP contribution in [-0.2, 0) is 0 Å². The molecule has 3 rings (SSSR count). The quantitative estimate of drug-likeness (QED) is 0.493. The minimum absolute atomic E-state index is 0.0108. The van der Waals surface area contributed by atoms with Crippen molar-refractivity contribution in [2.45, 2.75) is 39.5 Å². The highest BCUT2D eigenvalue weighted by Crippen LogP contribution is 2.33. The minimum Gasteiger partial charge on any atom is -0.497 e. The standard InChI is InChI=1S/C24H27NO2/c1-4-6-11-18(10-5-2)22-17-25(24(26)19-12-8-7-9-13-19)23-15-14-20(27-3)16-21(22)23/h7-9,11-17H,4-6,10H2,1-3H3/b18-11+. The first-order valence-corrected chi connectivity index (χ1v) is 9.67. The maximum atomic E-state index is 13.1. The Balaban J connectivity index is 2.19. The number of allylic oxidation sites excluding steroid dienone is 2. The van der Waals surface area contributed by atoms with E-state index >= 15 is 0 Å². The molecule has 0 radical (unpaired) electrons. The second-order valence-electron chi connectivity index (χ2n) is 6.74. The lowest BCUT2D eigenvalue weighted by molar-refractivity contribution is 0.0965. The monoisotopic (exact) mass is 361 g/mol. The van der Waals surface area contributed by atoms with E-state index in [0.29, 0.717) is 5.56 Å². The zero-order valence-electron chi connectivity index (χ0n) is 16.4. The van der Waals surface area contributed by atoms with Gasteiger partial charge in [-0.15, -0.1) is 0 Å². The predicted octanol–water partition coefficient (Wildman–Crippen LogP) is 6.32. The summed E-state index contributed by atoms with van der Waals surface area (Å²) in [6, 6.07) is 15.4. The van der Waals surface area contributed by atoms with E-state index in [2.05, 4.69) is 19.9 Å². The summed E-state index contributed by atoms with van der Waals surface area (Å²) in [5, 5.41) is 1.06. The van der Waals surface area contributed by atoms with Crippen molar-refractivity contribution in [2.24, 2.45) is 0 Å². The summed E-state index contributed by atoms with van der Waals surface area (Å²) in [6.07, 6.45) is 8.52. The van der Waals surface area contributed by atoms with Gasteiger partial charge in [0.1, 0.15) is 5.75 Å². The fourth-order valence-corrected chi connectivity index (χ4v) is 3.41. The number of fused-ring (bicyclic) bond motifs is 1. The molecule has 0 fully saturated rings. The average Bonchev–Trinajstić information content (AvgIpc) is 3.09. The van der Waals surface area contributed by atoms with E-state index in [9.17, 15) is 4.79 Å². The van der Waals surface area contributed by atoms with Gasteiger partial charge in [0.2, 0.25) is 0 Å². The number of rotatable bonds is 7. The molecule has 2 aromatic carbocycles. The van der Waals surface area contributed by atoms with Crippen molar-refractivity contribution in [1.29, 1.82) is 0 Å². The second-order valence-corrected chi connectivity index (χ2v) is 6.74. The van der Waals surface area contributed by atoms with Crippen LogP contribution >= 0.6 is 0 Å². The number of unbranched alkanes of at least 4 members (excludes halogenated alkanes) is 1. The van der Waals surface area contributed by atoms with Gasteiger partial charge in [-0.3, -0.25) is 9.36 Å². The van der Waals surface area contributed by atoms with Crippen molar-refractivity contribution in [3.8, 4) is 5.75 Å². The van der Waals surface area contributed by atoms with Gasteiger partial charge >= 0.3 is 0 Å². The molecule has 0 unspecified atom stereocenters. The van der Waals surface area contributed by atoms with Crippen LogP contribution in [0.3, 0.4) is 0 Å². The Hall–Kier alpha value is -2.81. The van der Waals surface area contributed by atoms with E-state index < -0.39 is 0 Å². The molecule has 0 bridgehead atoms. The Morgan fingerprint density at radius 3 is 2.52 bits per heavy atom. The van der Waals surface area contributed by atoms with Crippen molar-refractivity contribution in [2.75, 3.05) is 7.11 Å². The summed E-state index contributed by atoms with van der Waals surface area (Å²) >= 11 is 0. The number of ether oxygens (including phenoxy) is 1. The summed E-state index contributed by atoms with van der Waals surface area (Å²) in [7, 11) is 1.67. The van der Waals surface area contributed by atoms with Crippen LogP contribution in [0.1, 0.15) is 55.5 Å². The number of methoxy groups -OCH3 is 1. The average molecular weight is 361 g/mol. The van der Waals surface area contributed by atoms with Crippen LogP contribution in [0.5, 0.6) is 5.75 Å². The van der Waals surface area contributed by atoms with Gasteiger partial charge in [-0.25, -0.2) is 0 Å². The number of hydrogen-bond acceptors (Lipinski definition) is 2. The topological polar surface area (TPSA) is 31.2 Å². The zero-order chi connectivity index (χ0) is 19.2. The maximum Gasteiger partial charge on any atom is 0.262 e. The molecule has 0 amide bonds. The highest BCUT2D eigenvalue weighted by molar-refractivity contribution is 6.05. The fourth-order valence-electron chi connectivity index (χ4n) is 3.41. The molecule has 0 saturated heterocycles. The fraction of sp³-hybridized carbons (Fsp3) is 0.292. The summed E-state index contributed by atoms with van der Waals surface area (Å²) in [5.74, 6) is 0.795. The molecule has 1 aromatic heterocycles. The molecule has 3 heteroatoms. The zero-order valence-corrected chi connectivity index (χ0v) is 16.4. The summed E-state index contributed by atoms with van der Waals surface area (Å²) < 4.78 is 7.21. The van der Waals surface area contributed by atoms with Crippen LogP contribution in [0, 0.1) is 0 Å². The van der Waals surface area contributed by atoms with E-state index in [1.807, 2.05) is 54.7 Å². The summed E-state index contributed by atoms with van der Waals surface area (Å²) in [4.78, 5) is 13.1. The molecule has 1 heterocycles. The largest absolute Gasteiger partial charge is 0.497 e. The molecular formula is C24H27NO2. The third-order valence-electron chi connectivity index (χ3n) is 4.80. The van der Waals surface area contributed by atoms with Crippen LogP contribution < -0.4 is 4.74 Å². The third-order valence-corrected chi connectivity index (χ3v) is 4.80. The van der Waals surface area contributed by atoms with Gasteiger partial charge < -0.3 is 4.74 Å². The Morgan fingerprint density at radius 2 is 1.85 bits per heavy atom. The number of hydrogen-bond donors (Lipinski definition) is 0. The molecule has 27 heavy (non-hydrogen) atoms. The summed E-state index contributed by atoms with van der Waals surface area (Å²) in [6.45, 7) is 4.37. The van der Waals surface area contributed by atoms with Crippen LogP contribution in [0.2, 0.25) is 0 Å². The van der Waals surface area contributed by atoms with Gasteiger partial charge in [0, 0.05) is 22.7 Å². The lowest BCUT2D eigenvalue weighted by Gasteiger charge is -2.06. The number of carbonyl (C=O) groups is 1. The van der Waals surface area contributed by atoms with Gasteiger partial charge in [-0.05, 0) is 48.7 Å². The summed E-state index contributed by atoms with van der Waals surface area (Å²) in [5.41, 5.74) is 4.03. The van der Waals surface area contributed by atoms with Gasteiger partial charge in [-0.1, -0.05) is 51.0 Å². The van der Waals surface area contributed by atoms with Crippen LogP contribution in [0.15, 0.2) is 60.8 Å². The van der Waals surface area contributed by atoms with E-state index in [1.54, 1.807) is 11.7 Å². The lowest BCUT2D eigenvalue weighted by Crippen LogP contribution is -2.10. The highest BCUT2D eigenvalue weighted by Gasteiger charge is 2.17. The molecular weight excluding hydrogens is 334 g/mol. The molecule has 3 aromatic rings. The van der Waals surface area contributed by atoms with Crippen molar-refractivity contribution < 1.29 is 9.53 Å². The first-order valence-electron chi connectivity index (χ1n) is 9.67.